The van der Waals surface area contributed by atoms with Crippen LogP contribution in [0.4, 0.5) is 23.1 Å². The van der Waals surface area contributed by atoms with Gasteiger partial charge in [0.1, 0.15) is 5.82 Å². The van der Waals surface area contributed by atoms with Gasteiger partial charge in [-0.15, -0.1) is 0 Å². The summed E-state index contributed by atoms with van der Waals surface area (Å²) in [6, 6.07) is 20.9. The molecule has 2 aromatic carbocycles. The number of hydrogen-bond donors (Lipinski definition) is 1. The molecule has 0 aliphatic heterocycles. The number of hydrogen-bond acceptors (Lipinski definition) is 5. The number of rotatable bonds is 7. The summed E-state index contributed by atoms with van der Waals surface area (Å²) in [5, 5.41) is 3.37. The zero-order valence-electron chi connectivity index (χ0n) is 16.4. The number of anilines is 4. The summed E-state index contributed by atoms with van der Waals surface area (Å²) >= 11 is 0. The highest BCUT2D eigenvalue weighted by Gasteiger charge is 2.14. The van der Waals surface area contributed by atoms with Crippen LogP contribution in [0.5, 0.6) is 0 Å². The summed E-state index contributed by atoms with van der Waals surface area (Å²) in [5.74, 6) is 1.51. The first kappa shape index (κ1) is 18.7. The normalized spacial score (nSPS) is 10.7. The van der Waals surface area contributed by atoms with Gasteiger partial charge in [0.15, 0.2) is 0 Å². The summed E-state index contributed by atoms with van der Waals surface area (Å²) in [5.41, 5.74) is 3.41. The van der Waals surface area contributed by atoms with Crippen molar-refractivity contribution >= 4 is 23.1 Å². The van der Waals surface area contributed by atoms with Crippen molar-refractivity contribution in [2.24, 2.45) is 0 Å². The van der Waals surface area contributed by atoms with E-state index in [-0.39, 0.29) is 0 Å². The second-order valence-electron chi connectivity index (χ2n) is 7.02. The Labute approximate surface area is 161 Å². The fourth-order valence-electron chi connectivity index (χ4n) is 2.81. The largest absolute Gasteiger partial charge is 0.378 e. The van der Waals surface area contributed by atoms with Crippen molar-refractivity contribution in [1.82, 2.24) is 9.97 Å². The van der Waals surface area contributed by atoms with E-state index in [0.29, 0.717) is 6.04 Å². The third-order valence-electron chi connectivity index (χ3n) is 4.37. The fraction of sp³-hybridized carbons (Fsp3) is 0.273. The van der Waals surface area contributed by atoms with Gasteiger partial charge in [-0.2, -0.15) is 4.98 Å². The molecule has 0 unspecified atom stereocenters. The lowest BCUT2D eigenvalue weighted by Crippen LogP contribution is -2.31. The number of nitrogens with zero attached hydrogens (tertiary/aromatic N) is 4. The van der Waals surface area contributed by atoms with E-state index < -0.39 is 0 Å². The summed E-state index contributed by atoms with van der Waals surface area (Å²) in [4.78, 5) is 13.5. The first-order valence-electron chi connectivity index (χ1n) is 9.21. The zero-order chi connectivity index (χ0) is 19.2. The Morgan fingerprint density at radius 3 is 2.26 bits per heavy atom. The maximum absolute atomic E-state index is 4.74. The van der Waals surface area contributed by atoms with Gasteiger partial charge in [0.05, 0.1) is 0 Å². The lowest BCUT2D eigenvalue weighted by Gasteiger charge is -2.27. The van der Waals surface area contributed by atoms with Crippen LogP contribution >= 0.6 is 0 Å². The molecule has 0 saturated carbocycles. The molecule has 3 aromatic rings. The molecule has 0 atom stereocenters. The minimum Gasteiger partial charge on any atom is -0.378 e. The Morgan fingerprint density at radius 2 is 1.63 bits per heavy atom. The molecule has 0 aliphatic rings. The first-order chi connectivity index (χ1) is 13.0. The van der Waals surface area contributed by atoms with E-state index in [1.54, 1.807) is 6.20 Å². The Bertz CT molecular complexity index is 844. The van der Waals surface area contributed by atoms with Crippen molar-refractivity contribution in [3.63, 3.8) is 0 Å². The predicted molar refractivity (Wildman–Crippen MR) is 114 cm³/mol. The molecule has 0 fully saturated rings. The van der Waals surface area contributed by atoms with Gasteiger partial charge in [-0.25, -0.2) is 4.98 Å². The van der Waals surface area contributed by atoms with Crippen LogP contribution < -0.4 is 15.1 Å². The second-order valence-corrected chi connectivity index (χ2v) is 7.02. The molecule has 140 valence electrons. The summed E-state index contributed by atoms with van der Waals surface area (Å²) in [6.45, 7) is 5.10. The van der Waals surface area contributed by atoms with Crippen molar-refractivity contribution in [2.45, 2.75) is 26.4 Å². The van der Waals surface area contributed by atoms with E-state index in [2.05, 4.69) is 82.5 Å². The Hall–Kier alpha value is -3.08. The van der Waals surface area contributed by atoms with Crippen LogP contribution in [0.15, 0.2) is 66.9 Å². The molecule has 0 spiro atoms. The highest BCUT2D eigenvalue weighted by molar-refractivity contribution is 5.61. The Morgan fingerprint density at radius 1 is 0.926 bits per heavy atom. The SMILES string of the molecule is CC(C)N(Cc1ccccc1)c1nccc(Nc2ccc(N(C)C)cc2)n1. The fourth-order valence-corrected chi connectivity index (χ4v) is 2.81. The average Bonchev–Trinajstić information content (AvgIpc) is 2.67. The van der Waals surface area contributed by atoms with Crippen LogP contribution in [0.1, 0.15) is 19.4 Å². The highest BCUT2D eigenvalue weighted by atomic mass is 15.3. The third kappa shape index (κ3) is 4.97. The minimum atomic E-state index is 0.292. The van der Waals surface area contributed by atoms with Crippen molar-refractivity contribution < 1.29 is 0 Å². The molecule has 1 aromatic heterocycles. The molecule has 5 heteroatoms. The van der Waals surface area contributed by atoms with Crippen molar-refractivity contribution in [2.75, 3.05) is 29.2 Å². The van der Waals surface area contributed by atoms with E-state index in [4.69, 9.17) is 4.98 Å². The quantitative estimate of drug-likeness (QED) is 0.661. The molecule has 3 rings (SSSR count). The number of benzene rings is 2. The molecular formula is C22H27N5. The van der Waals surface area contributed by atoms with Crippen LogP contribution in [0.2, 0.25) is 0 Å². The minimum absolute atomic E-state index is 0.292. The van der Waals surface area contributed by atoms with Crippen LogP contribution in [0, 0.1) is 0 Å². The molecule has 27 heavy (non-hydrogen) atoms. The van der Waals surface area contributed by atoms with Crippen molar-refractivity contribution in [3.05, 3.63) is 72.4 Å². The molecule has 1 heterocycles. The summed E-state index contributed by atoms with van der Waals surface area (Å²) < 4.78 is 0. The molecule has 5 nitrogen and oxygen atoms in total. The second kappa shape index (κ2) is 8.54. The van der Waals surface area contributed by atoms with Gasteiger partial charge in [-0.05, 0) is 49.7 Å². The molecule has 0 aliphatic carbocycles. The highest BCUT2D eigenvalue weighted by Crippen LogP contribution is 2.21. The van der Waals surface area contributed by atoms with Crippen LogP contribution in [-0.2, 0) is 6.54 Å². The number of nitrogens with one attached hydrogen (secondary N) is 1. The smallest absolute Gasteiger partial charge is 0.227 e. The van der Waals surface area contributed by atoms with Gasteiger partial charge < -0.3 is 15.1 Å². The average molecular weight is 361 g/mol. The summed E-state index contributed by atoms with van der Waals surface area (Å²) in [7, 11) is 4.07. The molecule has 1 N–H and O–H groups in total. The lowest BCUT2D eigenvalue weighted by atomic mass is 10.2. The molecule has 0 saturated heterocycles. The van der Waals surface area contributed by atoms with Gasteiger partial charge in [0.2, 0.25) is 5.95 Å². The standard InChI is InChI=1S/C22H27N5/c1-17(2)27(16-18-8-6-5-7-9-18)22-23-15-14-21(25-22)24-19-10-12-20(13-11-19)26(3)4/h5-15,17H,16H2,1-4H3,(H,23,24,25). The van der Waals surface area contributed by atoms with E-state index in [1.807, 2.05) is 26.2 Å². The van der Waals surface area contributed by atoms with Gasteiger partial charge in [-0.1, -0.05) is 30.3 Å². The van der Waals surface area contributed by atoms with E-state index in [1.165, 1.54) is 5.56 Å². The Balaban J connectivity index is 1.78. The Kier molecular flexibility index (Phi) is 5.91. The van der Waals surface area contributed by atoms with Gasteiger partial charge >= 0.3 is 0 Å². The van der Waals surface area contributed by atoms with Crippen LogP contribution in [0.3, 0.4) is 0 Å². The molecular weight excluding hydrogens is 334 g/mol. The van der Waals surface area contributed by atoms with Gasteiger partial charge in [0, 0.05) is 44.3 Å². The van der Waals surface area contributed by atoms with E-state index in [9.17, 15) is 0 Å². The maximum Gasteiger partial charge on any atom is 0.227 e. The molecule has 0 radical (unpaired) electrons. The molecule has 0 bridgehead atoms. The number of aromatic nitrogens is 2. The van der Waals surface area contributed by atoms with Crippen molar-refractivity contribution in [3.8, 4) is 0 Å². The van der Waals surface area contributed by atoms with Gasteiger partial charge in [0.25, 0.3) is 0 Å². The topological polar surface area (TPSA) is 44.3 Å². The van der Waals surface area contributed by atoms with Crippen molar-refractivity contribution in [1.29, 1.82) is 0 Å². The monoisotopic (exact) mass is 361 g/mol. The van der Waals surface area contributed by atoms with Gasteiger partial charge in [-0.3, -0.25) is 0 Å². The van der Waals surface area contributed by atoms with E-state index in [0.717, 1.165) is 29.7 Å². The first-order valence-corrected chi connectivity index (χ1v) is 9.21. The summed E-state index contributed by atoms with van der Waals surface area (Å²) in [6.07, 6.45) is 1.80. The van der Waals surface area contributed by atoms with E-state index >= 15 is 0 Å². The maximum atomic E-state index is 4.74. The molecule has 0 amide bonds. The predicted octanol–water partition coefficient (Wildman–Crippen LogP) is 4.70. The van der Waals surface area contributed by atoms with Crippen LogP contribution in [-0.4, -0.2) is 30.1 Å². The van der Waals surface area contributed by atoms with Crippen LogP contribution in [0.25, 0.3) is 0 Å². The zero-order valence-corrected chi connectivity index (χ0v) is 16.4. The lowest BCUT2D eigenvalue weighted by molar-refractivity contribution is 0.661. The third-order valence-corrected chi connectivity index (χ3v) is 4.37.